The summed E-state index contributed by atoms with van der Waals surface area (Å²) in [5.74, 6) is -1.40. The molecule has 0 radical (unpaired) electrons. The fourth-order valence-corrected chi connectivity index (χ4v) is 7.69. The van der Waals surface area contributed by atoms with E-state index in [0.29, 0.717) is 52.9 Å². The van der Waals surface area contributed by atoms with E-state index in [2.05, 4.69) is 25.5 Å². The molecule has 3 saturated carbocycles. The van der Waals surface area contributed by atoms with E-state index in [1.807, 2.05) is 24.3 Å². The Labute approximate surface area is 239 Å². The van der Waals surface area contributed by atoms with Gasteiger partial charge in [0.1, 0.15) is 29.0 Å². The number of allylic oxidation sites excluding steroid dienone is 4. The molecule has 0 aliphatic heterocycles. The van der Waals surface area contributed by atoms with Gasteiger partial charge in [0.2, 0.25) is 0 Å². The highest BCUT2D eigenvalue weighted by molar-refractivity contribution is 5.86. The number of hydrogen-bond acceptors (Lipinski definition) is 7. The van der Waals surface area contributed by atoms with E-state index < -0.39 is 17.3 Å². The molecule has 2 unspecified atom stereocenters. The Morgan fingerprint density at radius 1 is 1.21 bits per heavy atom. The lowest BCUT2D eigenvalue weighted by Gasteiger charge is -2.39. The van der Waals surface area contributed by atoms with Crippen molar-refractivity contribution in [1.29, 1.82) is 0 Å². The molecular weight excluding hydrogens is 542 g/mol. The molecule has 0 amide bonds. The first-order valence-corrected chi connectivity index (χ1v) is 14.1. The van der Waals surface area contributed by atoms with Crippen molar-refractivity contribution in [3.05, 3.63) is 83.8 Å². The van der Waals surface area contributed by atoms with Crippen LogP contribution in [-0.2, 0) is 11.3 Å². The number of nitrogens with zero attached hydrogens (tertiary/aromatic N) is 5. The standard InChI is InChI=1S/C31H26F2N6O3/c32-22-15-34-28(35-27(22)36-31(29(40)41)13-18-8-10-30(31)14-21(18)30)24-12-25(23-9-11-42-38-23)39(37-24)16-19-6-3-7-20(26(19)33)17-4-1-2-5-17/h1-4,6-7,9,11-12,15,18,21H,5,8,10,13-14,16H2,(H,40,41)(H,34,35,36)/t18?,21-,30?,31+/m1/s1. The summed E-state index contributed by atoms with van der Waals surface area (Å²) in [7, 11) is 0. The highest BCUT2D eigenvalue weighted by atomic mass is 19.1. The van der Waals surface area contributed by atoms with Gasteiger partial charge >= 0.3 is 5.97 Å². The molecule has 0 saturated heterocycles. The Kier molecular flexibility index (Phi) is 5.32. The summed E-state index contributed by atoms with van der Waals surface area (Å²) in [6, 6.07) is 8.62. The van der Waals surface area contributed by atoms with Crippen LogP contribution in [0.4, 0.5) is 14.6 Å². The van der Waals surface area contributed by atoms with Crippen molar-refractivity contribution < 1.29 is 23.2 Å². The molecule has 212 valence electrons. The van der Waals surface area contributed by atoms with E-state index in [-0.39, 0.29) is 29.4 Å². The van der Waals surface area contributed by atoms with E-state index in [1.54, 1.807) is 28.9 Å². The number of rotatable bonds is 8. The Balaban J connectivity index is 1.16. The largest absolute Gasteiger partial charge is 0.479 e. The van der Waals surface area contributed by atoms with E-state index in [9.17, 15) is 9.90 Å². The number of carboxylic acids is 1. The highest BCUT2D eigenvalue weighted by Crippen LogP contribution is 2.78. The third kappa shape index (κ3) is 3.55. The molecule has 8 rings (SSSR count). The van der Waals surface area contributed by atoms with Gasteiger partial charge in [-0.25, -0.2) is 23.5 Å². The van der Waals surface area contributed by atoms with Gasteiger partial charge in [-0.1, -0.05) is 41.6 Å². The molecule has 2 N–H and O–H groups in total. The van der Waals surface area contributed by atoms with Gasteiger partial charge in [0, 0.05) is 22.6 Å². The Bertz CT molecular complexity index is 1810. The van der Waals surface area contributed by atoms with Crippen LogP contribution in [0.2, 0.25) is 0 Å². The number of nitrogens with one attached hydrogen (secondary N) is 1. The van der Waals surface area contributed by atoms with Gasteiger partial charge in [-0.15, -0.1) is 0 Å². The number of carboxylic acid groups (broad SMARTS) is 1. The Morgan fingerprint density at radius 2 is 2.12 bits per heavy atom. The summed E-state index contributed by atoms with van der Waals surface area (Å²) in [5.41, 5.74) is 1.56. The zero-order valence-electron chi connectivity index (χ0n) is 22.4. The van der Waals surface area contributed by atoms with Crippen molar-refractivity contribution in [3.8, 4) is 22.9 Å². The van der Waals surface area contributed by atoms with Gasteiger partial charge in [0.05, 0.1) is 18.4 Å². The van der Waals surface area contributed by atoms with Crippen molar-refractivity contribution in [2.75, 3.05) is 5.32 Å². The van der Waals surface area contributed by atoms with Crippen molar-refractivity contribution in [2.45, 2.75) is 44.2 Å². The highest BCUT2D eigenvalue weighted by Gasteiger charge is 2.80. The van der Waals surface area contributed by atoms with Crippen molar-refractivity contribution >= 4 is 17.4 Å². The van der Waals surface area contributed by atoms with Gasteiger partial charge in [-0.2, -0.15) is 5.10 Å². The summed E-state index contributed by atoms with van der Waals surface area (Å²) in [6.45, 7) is 0.0856. The van der Waals surface area contributed by atoms with E-state index in [0.717, 1.165) is 31.0 Å². The number of anilines is 1. The summed E-state index contributed by atoms with van der Waals surface area (Å²) < 4.78 is 37.4. The fourth-order valence-electron chi connectivity index (χ4n) is 7.69. The monoisotopic (exact) mass is 568 g/mol. The normalized spacial score (nSPS) is 26.9. The molecule has 4 aliphatic rings. The van der Waals surface area contributed by atoms with E-state index in [4.69, 9.17) is 4.52 Å². The van der Waals surface area contributed by atoms with Crippen LogP contribution in [0.1, 0.15) is 43.2 Å². The molecular formula is C31H26F2N6O3. The molecule has 1 aromatic carbocycles. The van der Waals surface area contributed by atoms with E-state index in [1.165, 1.54) is 6.26 Å². The predicted molar refractivity (Wildman–Crippen MR) is 148 cm³/mol. The van der Waals surface area contributed by atoms with Crippen LogP contribution in [0.3, 0.4) is 0 Å². The number of aromatic nitrogens is 5. The molecule has 11 heteroatoms. The number of carbonyl (C=O) groups is 1. The van der Waals surface area contributed by atoms with Crippen LogP contribution in [0.5, 0.6) is 0 Å². The third-order valence-corrected chi connectivity index (χ3v) is 9.75. The van der Waals surface area contributed by atoms with Gasteiger partial charge in [-0.05, 0) is 55.6 Å². The number of benzene rings is 1. The smallest absolute Gasteiger partial charge is 0.329 e. The van der Waals surface area contributed by atoms with Gasteiger partial charge in [-0.3, -0.25) is 4.68 Å². The molecule has 4 aliphatic carbocycles. The third-order valence-electron chi connectivity index (χ3n) is 9.75. The lowest BCUT2D eigenvalue weighted by Crippen LogP contribution is -2.54. The maximum Gasteiger partial charge on any atom is 0.329 e. The fraction of sp³-hybridized carbons (Fsp3) is 0.323. The van der Waals surface area contributed by atoms with Crippen LogP contribution in [-0.4, -0.2) is 41.5 Å². The molecule has 4 atom stereocenters. The number of hydrogen-bond donors (Lipinski definition) is 2. The van der Waals surface area contributed by atoms with Gasteiger partial charge in [0.15, 0.2) is 17.5 Å². The minimum Gasteiger partial charge on any atom is -0.479 e. The zero-order chi connectivity index (χ0) is 28.6. The SMILES string of the molecule is O=C(O)[C@@]1(Nc2nc(-c3cc(-c4ccon4)n(Cc4cccc(C5=CC=CC5)c4F)n3)ncc2F)CC2CCC13C[C@H]23. The first-order valence-electron chi connectivity index (χ1n) is 14.1. The minimum atomic E-state index is -1.26. The summed E-state index contributed by atoms with van der Waals surface area (Å²) in [4.78, 5) is 21.2. The first-order chi connectivity index (χ1) is 20.4. The topological polar surface area (TPSA) is 119 Å². The predicted octanol–water partition coefficient (Wildman–Crippen LogP) is 5.72. The van der Waals surface area contributed by atoms with Crippen LogP contribution in [0.15, 0.2) is 65.5 Å². The van der Waals surface area contributed by atoms with Crippen LogP contribution >= 0.6 is 0 Å². The van der Waals surface area contributed by atoms with Crippen molar-refractivity contribution in [1.82, 2.24) is 24.9 Å². The van der Waals surface area contributed by atoms with E-state index >= 15 is 8.78 Å². The second-order valence-electron chi connectivity index (χ2n) is 11.8. The molecule has 3 heterocycles. The average Bonchev–Trinajstić information content (AvgIpc) is 3.63. The maximum absolute atomic E-state index is 15.6. The van der Waals surface area contributed by atoms with Crippen molar-refractivity contribution in [3.63, 3.8) is 0 Å². The molecule has 3 fully saturated rings. The number of aliphatic carboxylic acids is 1. The van der Waals surface area contributed by atoms with Gasteiger partial charge in [0.25, 0.3) is 0 Å². The number of halogens is 2. The van der Waals surface area contributed by atoms with Crippen LogP contribution in [0, 0.1) is 28.9 Å². The Morgan fingerprint density at radius 3 is 2.81 bits per heavy atom. The second kappa shape index (κ2) is 8.91. The lowest BCUT2D eigenvalue weighted by molar-refractivity contribution is -0.145. The summed E-state index contributed by atoms with van der Waals surface area (Å²) >= 11 is 0. The van der Waals surface area contributed by atoms with Crippen molar-refractivity contribution in [2.24, 2.45) is 17.3 Å². The Hall–Kier alpha value is -4.67. The molecule has 42 heavy (non-hydrogen) atoms. The minimum absolute atomic E-state index is 0.0856. The maximum atomic E-state index is 15.6. The molecule has 2 bridgehead atoms. The molecule has 0 spiro atoms. The van der Waals surface area contributed by atoms with Gasteiger partial charge < -0.3 is 14.9 Å². The average molecular weight is 569 g/mol. The summed E-state index contributed by atoms with van der Waals surface area (Å²) in [6.07, 6.45) is 12.0. The zero-order valence-corrected chi connectivity index (χ0v) is 22.4. The molecule has 9 nitrogen and oxygen atoms in total. The lowest BCUT2D eigenvalue weighted by atomic mass is 9.73. The first kappa shape index (κ1) is 25.1. The molecule has 4 aromatic rings. The van der Waals surface area contributed by atoms with Crippen LogP contribution < -0.4 is 5.32 Å². The van der Waals surface area contributed by atoms with Crippen LogP contribution in [0.25, 0.3) is 28.5 Å². The summed E-state index contributed by atoms with van der Waals surface area (Å²) in [5, 5.41) is 22.0. The quantitative estimate of drug-likeness (QED) is 0.277. The molecule has 3 aromatic heterocycles. The second-order valence-corrected chi connectivity index (χ2v) is 11.8.